The number of likely N-dealkylation sites (tertiary alicyclic amines) is 1. The molecule has 1 N–H and O–H groups in total. The predicted octanol–water partition coefficient (Wildman–Crippen LogP) is 3.29. The number of halogens is 1. The van der Waals surface area contributed by atoms with E-state index in [1.165, 1.54) is 12.1 Å². The van der Waals surface area contributed by atoms with Gasteiger partial charge in [-0.05, 0) is 49.3 Å². The van der Waals surface area contributed by atoms with Crippen LogP contribution < -0.4 is 5.32 Å². The van der Waals surface area contributed by atoms with Gasteiger partial charge in [-0.2, -0.15) is 0 Å². The van der Waals surface area contributed by atoms with Gasteiger partial charge in [-0.15, -0.1) is 0 Å². The molecule has 1 aliphatic carbocycles. The summed E-state index contributed by atoms with van der Waals surface area (Å²) in [5.41, 5.74) is 0.922. The molecule has 3 rings (SSSR count). The van der Waals surface area contributed by atoms with Gasteiger partial charge < -0.3 is 10.2 Å². The average Bonchev–Trinajstić information content (AvgIpc) is 3.45. The summed E-state index contributed by atoms with van der Waals surface area (Å²) in [5.74, 6) is 0.446. The Morgan fingerprint density at radius 2 is 1.64 bits per heavy atom. The number of nitrogens with one attached hydrogen (secondary N) is 1. The molecule has 1 heterocycles. The van der Waals surface area contributed by atoms with Gasteiger partial charge in [-0.3, -0.25) is 9.59 Å². The molecule has 2 aliphatic rings. The lowest BCUT2D eigenvalue weighted by molar-refractivity contribution is -0.137. The fourth-order valence-corrected chi connectivity index (χ4v) is 3.53. The molecule has 0 bridgehead atoms. The zero-order chi connectivity index (χ0) is 18.0. The van der Waals surface area contributed by atoms with Crippen molar-refractivity contribution in [3.63, 3.8) is 0 Å². The van der Waals surface area contributed by atoms with E-state index in [0.29, 0.717) is 13.1 Å². The van der Waals surface area contributed by atoms with Gasteiger partial charge in [0, 0.05) is 24.9 Å². The Balaban J connectivity index is 1.56. The van der Waals surface area contributed by atoms with Crippen LogP contribution in [0.1, 0.15) is 51.1 Å². The molecule has 2 amide bonds. The number of benzene rings is 1. The lowest BCUT2D eigenvalue weighted by Gasteiger charge is -2.33. The number of amides is 2. The summed E-state index contributed by atoms with van der Waals surface area (Å²) in [7, 11) is 0. The molecule has 2 fully saturated rings. The van der Waals surface area contributed by atoms with Crippen molar-refractivity contribution in [2.75, 3.05) is 13.1 Å². The number of rotatable bonds is 5. The van der Waals surface area contributed by atoms with E-state index in [-0.39, 0.29) is 41.4 Å². The number of nitrogens with zero attached hydrogens (tertiary/aromatic N) is 1. The van der Waals surface area contributed by atoms with Crippen molar-refractivity contribution >= 4 is 11.8 Å². The first-order valence-corrected chi connectivity index (χ1v) is 9.30. The van der Waals surface area contributed by atoms with Crippen molar-refractivity contribution in [1.29, 1.82) is 0 Å². The lowest BCUT2D eigenvalue weighted by Crippen LogP contribution is -2.44. The maximum absolute atomic E-state index is 13.1. The van der Waals surface area contributed by atoms with Crippen LogP contribution in [0.4, 0.5) is 4.39 Å². The molecule has 1 saturated carbocycles. The Morgan fingerprint density at radius 3 is 2.16 bits per heavy atom. The summed E-state index contributed by atoms with van der Waals surface area (Å²) in [4.78, 5) is 26.7. The van der Waals surface area contributed by atoms with Crippen LogP contribution in [-0.4, -0.2) is 29.8 Å². The maximum Gasteiger partial charge on any atom is 0.225 e. The highest BCUT2D eigenvalue weighted by Gasteiger charge is 2.36. The topological polar surface area (TPSA) is 49.4 Å². The molecule has 1 atom stereocenters. The number of piperidine rings is 1. The second-order valence-corrected chi connectivity index (χ2v) is 7.66. The molecule has 1 aromatic carbocycles. The molecule has 4 nitrogen and oxygen atoms in total. The van der Waals surface area contributed by atoms with Crippen LogP contribution in [0.3, 0.4) is 0 Å². The number of hydrogen-bond acceptors (Lipinski definition) is 2. The molecule has 0 aromatic heterocycles. The van der Waals surface area contributed by atoms with Crippen molar-refractivity contribution in [3.05, 3.63) is 35.6 Å². The van der Waals surface area contributed by atoms with Crippen molar-refractivity contribution < 1.29 is 14.0 Å². The Bertz CT molecular complexity index is 617. The van der Waals surface area contributed by atoms with Crippen molar-refractivity contribution in [3.8, 4) is 0 Å². The summed E-state index contributed by atoms with van der Waals surface area (Å²) in [6.45, 7) is 5.45. The smallest absolute Gasteiger partial charge is 0.225 e. The van der Waals surface area contributed by atoms with E-state index in [2.05, 4.69) is 5.32 Å². The molecular formula is C20H27FN2O2. The number of carbonyl (C=O) groups is 2. The van der Waals surface area contributed by atoms with E-state index < -0.39 is 0 Å². The molecular weight excluding hydrogens is 319 g/mol. The molecule has 1 aromatic rings. The van der Waals surface area contributed by atoms with E-state index in [1.807, 2.05) is 18.7 Å². The Kier molecular flexibility index (Phi) is 5.40. The monoisotopic (exact) mass is 346 g/mol. The third-order valence-electron chi connectivity index (χ3n) is 5.30. The van der Waals surface area contributed by atoms with E-state index in [4.69, 9.17) is 0 Å². The lowest BCUT2D eigenvalue weighted by atomic mass is 9.92. The third kappa shape index (κ3) is 4.39. The minimum absolute atomic E-state index is 0.0431. The van der Waals surface area contributed by atoms with Crippen molar-refractivity contribution in [2.24, 2.45) is 17.8 Å². The largest absolute Gasteiger partial charge is 0.349 e. The van der Waals surface area contributed by atoms with E-state index in [0.717, 1.165) is 31.2 Å². The van der Waals surface area contributed by atoms with Gasteiger partial charge in [-0.1, -0.05) is 26.0 Å². The summed E-state index contributed by atoms with van der Waals surface area (Å²) in [6.07, 6.45) is 3.48. The van der Waals surface area contributed by atoms with E-state index in [1.54, 1.807) is 12.1 Å². The van der Waals surface area contributed by atoms with Crippen LogP contribution in [0.2, 0.25) is 0 Å². The Morgan fingerprint density at radius 1 is 1.04 bits per heavy atom. The van der Waals surface area contributed by atoms with E-state index in [9.17, 15) is 14.0 Å². The normalized spacial score (nSPS) is 19.8. The molecule has 25 heavy (non-hydrogen) atoms. The third-order valence-corrected chi connectivity index (χ3v) is 5.30. The second kappa shape index (κ2) is 7.54. The Labute approximate surface area is 148 Å². The first kappa shape index (κ1) is 17.9. The summed E-state index contributed by atoms with van der Waals surface area (Å²) < 4.78 is 13.1. The molecule has 0 spiro atoms. The minimum atomic E-state index is -0.273. The Hall–Kier alpha value is -1.91. The van der Waals surface area contributed by atoms with Gasteiger partial charge in [0.15, 0.2) is 0 Å². The standard InChI is InChI=1S/C20H27FN2O2/c1-13(2)18(14-5-7-17(21)8-6-14)22-19(24)15-9-11-23(12-10-15)20(25)16-3-4-16/h5-8,13,15-16,18H,3-4,9-12H2,1-2H3,(H,22,24). The molecule has 1 unspecified atom stereocenters. The van der Waals surface area contributed by atoms with Crippen LogP contribution in [0.15, 0.2) is 24.3 Å². The zero-order valence-corrected chi connectivity index (χ0v) is 15.0. The highest BCUT2D eigenvalue weighted by Crippen LogP contribution is 2.32. The van der Waals surface area contributed by atoms with Gasteiger partial charge in [-0.25, -0.2) is 4.39 Å². The molecule has 1 saturated heterocycles. The first-order valence-electron chi connectivity index (χ1n) is 9.30. The van der Waals surface area contributed by atoms with Crippen LogP contribution >= 0.6 is 0 Å². The molecule has 136 valence electrons. The summed E-state index contributed by atoms with van der Waals surface area (Å²) in [5, 5.41) is 3.14. The maximum atomic E-state index is 13.1. The SMILES string of the molecule is CC(C)C(NC(=O)C1CCN(C(=O)C2CC2)CC1)c1ccc(F)cc1. The van der Waals surface area contributed by atoms with E-state index >= 15 is 0 Å². The van der Waals surface area contributed by atoms with Crippen LogP contribution in [0.5, 0.6) is 0 Å². The number of hydrogen-bond donors (Lipinski definition) is 1. The fourth-order valence-electron chi connectivity index (χ4n) is 3.53. The molecule has 0 radical (unpaired) electrons. The highest BCUT2D eigenvalue weighted by molar-refractivity contribution is 5.82. The van der Waals surface area contributed by atoms with Crippen LogP contribution in [0.25, 0.3) is 0 Å². The van der Waals surface area contributed by atoms with Crippen molar-refractivity contribution in [1.82, 2.24) is 10.2 Å². The van der Waals surface area contributed by atoms with Gasteiger partial charge in [0.25, 0.3) is 0 Å². The summed E-state index contributed by atoms with van der Waals surface area (Å²) in [6, 6.07) is 6.20. The van der Waals surface area contributed by atoms with Gasteiger partial charge in [0.1, 0.15) is 5.82 Å². The molecule has 5 heteroatoms. The van der Waals surface area contributed by atoms with Gasteiger partial charge in [0.2, 0.25) is 11.8 Å². The van der Waals surface area contributed by atoms with Crippen molar-refractivity contribution in [2.45, 2.75) is 45.6 Å². The van der Waals surface area contributed by atoms with Crippen LogP contribution in [0, 0.1) is 23.6 Å². The second-order valence-electron chi connectivity index (χ2n) is 7.66. The first-order chi connectivity index (χ1) is 12.0. The van der Waals surface area contributed by atoms with Crippen LogP contribution in [-0.2, 0) is 9.59 Å². The van der Waals surface area contributed by atoms with Gasteiger partial charge >= 0.3 is 0 Å². The number of carbonyl (C=O) groups excluding carboxylic acids is 2. The zero-order valence-electron chi connectivity index (χ0n) is 15.0. The average molecular weight is 346 g/mol. The predicted molar refractivity (Wildman–Crippen MR) is 94.1 cm³/mol. The quantitative estimate of drug-likeness (QED) is 0.889. The molecule has 1 aliphatic heterocycles. The van der Waals surface area contributed by atoms with Gasteiger partial charge in [0.05, 0.1) is 6.04 Å². The highest BCUT2D eigenvalue weighted by atomic mass is 19.1. The fraction of sp³-hybridized carbons (Fsp3) is 0.600. The minimum Gasteiger partial charge on any atom is -0.349 e. The summed E-state index contributed by atoms with van der Waals surface area (Å²) >= 11 is 0.